The van der Waals surface area contributed by atoms with E-state index in [1.807, 2.05) is 30.3 Å². The van der Waals surface area contributed by atoms with Gasteiger partial charge in [0.1, 0.15) is 12.7 Å². The lowest BCUT2D eigenvalue weighted by molar-refractivity contribution is 0.0598. The van der Waals surface area contributed by atoms with Gasteiger partial charge in [0.15, 0.2) is 11.5 Å². The number of rotatable bonds is 7. The average molecular weight is 261 g/mol. The highest BCUT2D eigenvalue weighted by molar-refractivity contribution is 5.40. The summed E-state index contributed by atoms with van der Waals surface area (Å²) in [6.07, 6.45) is 5.16. The van der Waals surface area contributed by atoms with Crippen molar-refractivity contribution < 1.29 is 9.47 Å². The fourth-order valence-corrected chi connectivity index (χ4v) is 2.28. The van der Waals surface area contributed by atoms with Crippen LogP contribution in [0.3, 0.4) is 0 Å². The SMILES string of the molecule is C=CCCC(NCCC)C1COc2ccccc2O1. The predicted molar refractivity (Wildman–Crippen MR) is 77.9 cm³/mol. The Balaban J connectivity index is 2.00. The zero-order valence-electron chi connectivity index (χ0n) is 11.6. The third-order valence-electron chi connectivity index (χ3n) is 3.32. The molecule has 1 heterocycles. The van der Waals surface area contributed by atoms with Crippen molar-refractivity contribution in [3.8, 4) is 11.5 Å². The van der Waals surface area contributed by atoms with Crippen molar-refractivity contribution in [3.05, 3.63) is 36.9 Å². The van der Waals surface area contributed by atoms with E-state index in [0.29, 0.717) is 12.6 Å². The average Bonchev–Trinajstić information content (AvgIpc) is 2.47. The van der Waals surface area contributed by atoms with Crippen LogP contribution in [0.4, 0.5) is 0 Å². The molecule has 0 saturated carbocycles. The lowest BCUT2D eigenvalue weighted by Crippen LogP contribution is -2.48. The fourth-order valence-electron chi connectivity index (χ4n) is 2.28. The van der Waals surface area contributed by atoms with Gasteiger partial charge in [-0.15, -0.1) is 6.58 Å². The minimum absolute atomic E-state index is 0.0707. The van der Waals surface area contributed by atoms with E-state index >= 15 is 0 Å². The molecular formula is C16H23NO2. The zero-order valence-corrected chi connectivity index (χ0v) is 11.6. The summed E-state index contributed by atoms with van der Waals surface area (Å²) in [5, 5.41) is 3.55. The summed E-state index contributed by atoms with van der Waals surface area (Å²) in [6.45, 7) is 7.58. The molecule has 1 aromatic rings. The second-order valence-corrected chi connectivity index (χ2v) is 4.84. The Kier molecular flexibility index (Phi) is 5.28. The van der Waals surface area contributed by atoms with Crippen molar-refractivity contribution >= 4 is 0 Å². The maximum absolute atomic E-state index is 6.07. The number of hydrogen-bond donors (Lipinski definition) is 1. The van der Waals surface area contributed by atoms with Crippen LogP contribution in [-0.4, -0.2) is 25.3 Å². The molecule has 2 rings (SSSR count). The van der Waals surface area contributed by atoms with E-state index < -0.39 is 0 Å². The molecule has 3 heteroatoms. The van der Waals surface area contributed by atoms with Crippen LogP contribution in [0.5, 0.6) is 11.5 Å². The van der Waals surface area contributed by atoms with Gasteiger partial charge in [0.25, 0.3) is 0 Å². The Morgan fingerprint density at radius 2 is 2.21 bits per heavy atom. The van der Waals surface area contributed by atoms with E-state index in [2.05, 4.69) is 18.8 Å². The molecule has 0 bridgehead atoms. The van der Waals surface area contributed by atoms with Crippen LogP contribution in [0.15, 0.2) is 36.9 Å². The van der Waals surface area contributed by atoms with Crippen LogP contribution in [0.2, 0.25) is 0 Å². The summed E-state index contributed by atoms with van der Waals surface area (Å²) in [5.74, 6) is 1.69. The van der Waals surface area contributed by atoms with E-state index in [9.17, 15) is 0 Å². The number of allylic oxidation sites excluding steroid dienone is 1. The van der Waals surface area contributed by atoms with Crippen LogP contribution < -0.4 is 14.8 Å². The summed E-state index contributed by atoms with van der Waals surface area (Å²) in [4.78, 5) is 0. The molecule has 0 amide bonds. The van der Waals surface area contributed by atoms with Crippen molar-refractivity contribution in [2.45, 2.75) is 38.3 Å². The number of nitrogens with one attached hydrogen (secondary N) is 1. The second-order valence-electron chi connectivity index (χ2n) is 4.84. The van der Waals surface area contributed by atoms with Crippen LogP contribution in [0, 0.1) is 0 Å². The molecule has 2 unspecified atom stereocenters. The van der Waals surface area contributed by atoms with Crippen molar-refractivity contribution in [3.63, 3.8) is 0 Å². The van der Waals surface area contributed by atoms with Gasteiger partial charge in [-0.2, -0.15) is 0 Å². The Bertz CT molecular complexity index is 405. The number of ether oxygens (including phenoxy) is 2. The molecule has 0 spiro atoms. The van der Waals surface area contributed by atoms with Gasteiger partial charge in [0.05, 0.1) is 0 Å². The Hall–Kier alpha value is -1.48. The summed E-state index contributed by atoms with van der Waals surface area (Å²) >= 11 is 0. The first kappa shape index (κ1) is 13.9. The van der Waals surface area contributed by atoms with Crippen LogP contribution in [-0.2, 0) is 0 Å². The summed E-state index contributed by atoms with van der Waals surface area (Å²) in [5.41, 5.74) is 0. The van der Waals surface area contributed by atoms with Crippen LogP contribution >= 0.6 is 0 Å². The van der Waals surface area contributed by atoms with Crippen molar-refractivity contribution in [2.75, 3.05) is 13.2 Å². The summed E-state index contributed by atoms with van der Waals surface area (Å²) < 4.78 is 11.9. The Morgan fingerprint density at radius 1 is 1.42 bits per heavy atom. The molecule has 1 aliphatic rings. The highest BCUT2D eigenvalue weighted by atomic mass is 16.6. The highest BCUT2D eigenvalue weighted by Crippen LogP contribution is 2.32. The molecule has 0 saturated heterocycles. The quantitative estimate of drug-likeness (QED) is 0.765. The molecule has 0 fully saturated rings. The number of fused-ring (bicyclic) bond motifs is 1. The number of para-hydroxylation sites is 2. The van der Waals surface area contributed by atoms with Gasteiger partial charge in [0, 0.05) is 6.04 Å². The van der Waals surface area contributed by atoms with Crippen LogP contribution in [0.1, 0.15) is 26.2 Å². The van der Waals surface area contributed by atoms with Crippen molar-refractivity contribution in [1.82, 2.24) is 5.32 Å². The van der Waals surface area contributed by atoms with Gasteiger partial charge in [-0.1, -0.05) is 25.1 Å². The number of hydrogen-bond acceptors (Lipinski definition) is 3. The van der Waals surface area contributed by atoms with Gasteiger partial charge < -0.3 is 14.8 Å². The van der Waals surface area contributed by atoms with E-state index in [-0.39, 0.29) is 6.10 Å². The topological polar surface area (TPSA) is 30.5 Å². The first-order valence-corrected chi connectivity index (χ1v) is 7.08. The van der Waals surface area contributed by atoms with Gasteiger partial charge >= 0.3 is 0 Å². The Morgan fingerprint density at radius 3 is 2.95 bits per heavy atom. The first-order chi connectivity index (χ1) is 9.35. The standard InChI is InChI=1S/C16H23NO2/c1-3-5-8-13(17-11-4-2)16-12-18-14-9-6-7-10-15(14)19-16/h3,6-7,9-10,13,16-17H,1,4-5,8,11-12H2,2H3. The van der Waals surface area contributed by atoms with Crippen molar-refractivity contribution in [2.24, 2.45) is 0 Å². The minimum Gasteiger partial charge on any atom is -0.486 e. The molecule has 104 valence electrons. The molecule has 19 heavy (non-hydrogen) atoms. The first-order valence-electron chi connectivity index (χ1n) is 7.08. The lowest BCUT2D eigenvalue weighted by atomic mass is 10.0. The van der Waals surface area contributed by atoms with E-state index in [1.165, 1.54) is 0 Å². The molecular weight excluding hydrogens is 238 g/mol. The minimum atomic E-state index is 0.0707. The van der Waals surface area contributed by atoms with Gasteiger partial charge in [-0.05, 0) is 37.9 Å². The normalized spacial score (nSPS) is 18.9. The largest absolute Gasteiger partial charge is 0.486 e. The molecule has 2 atom stereocenters. The number of benzene rings is 1. The highest BCUT2D eigenvalue weighted by Gasteiger charge is 2.27. The smallest absolute Gasteiger partial charge is 0.161 e. The predicted octanol–water partition coefficient (Wildman–Crippen LogP) is 3.16. The van der Waals surface area contributed by atoms with Gasteiger partial charge in [0.2, 0.25) is 0 Å². The molecule has 1 aromatic carbocycles. The van der Waals surface area contributed by atoms with Gasteiger partial charge in [-0.3, -0.25) is 0 Å². The maximum Gasteiger partial charge on any atom is 0.161 e. The summed E-state index contributed by atoms with van der Waals surface area (Å²) in [7, 11) is 0. The molecule has 0 aromatic heterocycles. The van der Waals surface area contributed by atoms with Crippen molar-refractivity contribution in [1.29, 1.82) is 0 Å². The molecule has 1 aliphatic heterocycles. The monoisotopic (exact) mass is 261 g/mol. The third kappa shape index (κ3) is 3.74. The fraction of sp³-hybridized carbons (Fsp3) is 0.500. The third-order valence-corrected chi connectivity index (χ3v) is 3.32. The molecule has 0 radical (unpaired) electrons. The van der Waals surface area contributed by atoms with E-state index in [1.54, 1.807) is 0 Å². The lowest BCUT2D eigenvalue weighted by Gasteiger charge is -2.32. The molecule has 0 aliphatic carbocycles. The Labute approximate surface area is 115 Å². The molecule has 1 N–H and O–H groups in total. The van der Waals surface area contributed by atoms with Gasteiger partial charge in [-0.25, -0.2) is 0 Å². The zero-order chi connectivity index (χ0) is 13.5. The van der Waals surface area contributed by atoms with E-state index in [0.717, 1.165) is 37.3 Å². The summed E-state index contributed by atoms with van der Waals surface area (Å²) in [6, 6.07) is 8.16. The van der Waals surface area contributed by atoms with Crippen LogP contribution in [0.25, 0.3) is 0 Å². The second kappa shape index (κ2) is 7.19. The van der Waals surface area contributed by atoms with E-state index in [4.69, 9.17) is 9.47 Å². The maximum atomic E-state index is 6.07. The molecule has 3 nitrogen and oxygen atoms in total.